The molecule has 2 aromatic carbocycles. The number of nitrogens with one attached hydrogen (secondary N) is 1. The number of thioether (sulfide) groups is 1. The first-order chi connectivity index (χ1) is 10.7. The molecule has 0 radical (unpaired) electrons. The molecule has 0 atom stereocenters. The van der Waals surface area contributed by atoms with Crippen molar-refractivity contribution in [1.29, 1.82) is 0 Å². The fraction of sp³-hybridized carbons (Fsp3) is 0.278. The smallest absolute Gasteiger partial charge is 0.251 e. The summed E-state index contributed by atoms with van der Waals surface area (Å²) in [6.07, 6.45) is 0. The average molecular weight is 315 g/mol. The molecule has 4 heteroatoms. The third kappa shape index (κ3) is 5.11. The molecule has 0 bridgehead atoms. The Kier molecular flexibility index (Phi) is 6.34. The third-order valence-corrected chi connectivity index (χ3v) is 4.12. The van der Waals surface area contributed by atoms with Crippen molar-refractivity contribution in [3.8, 4) is 5.75 Å². The second-order valence-electron chi connectivity index (χ2n) is 4.87. The highest BCUT2D eigenvalue weighted by atomic mass is 32.2. The van der Waals surface area contributed by atoms with E-state index in [1.165, 1.54) is 10.5 Å². The molecule has 0 spiro atoms. The van der Waals surface area contributed by atoms with Gasteiger partial charge in [0, 0.05) is 22.8 Å². The van der Waals surface area contributed by atoms with E-state index in [0.29, 0.717) is 18.7 Å². The maximum absolute atomic E-state index is 12.0. The molecule has 0 aliphatic carbocycles. The van der Waals surface area contributed by atoms with Crippen molar-refractivity contribution in [2.75, 3.05) is 18.9 Å². The largest absolute Gasteiger partial charge is 0.494 e. The summed E-state index contributed by atoms with van der Waals surface area (Å²) >= 11 is 1.74. The minimum atomic E-state index is -0.0486. The van der Waals surface area contributed by atoms with Gasteiger partial charge in [-0.3, -0.25) is 4.79 Å². The predicted molar refractivity (Wildman–Crippen MR) is 91.8 cm³/mol. The van der Waals surface area contributed by atoms with Crippen LogP contribution in [0, 0.1) is 6.92 Å². The van der Waals surface area contributed by atoms with Crippen molar-refractivity contribution in [1.82, 2.24) is 5.32 Å². The third-order valence-electron chi connectivity index (χ3n) is 3.10. The van der Waals surface area contributed by atoms with Crippen LogP contribution in [0.2, 0.25) is 0 Å². The van der Waals surface area contributed by atoms with Crippen LogP contribution in [0.5, 0.6) is 5.75 Å². The topological polar surface area (TPSA) is 38.3 Å². The van der Waals surface area contributed by atoms with Crippen LogP contribution in [0.4, 0.5) is 0 Å². The summed E-state index contributed by atoms with van der Waals surface area (Å²) in [4.78, 5) is 13.2. The van der Waals surface area contributed by atoms with Gasteiger partial charge in [0.15, 0.2) is 0 Å². The van der Waals surface area contributed by atoms with Crippen LogP contribution in [0.25, 0.3) is 0 Å². The van der Waals surface area contributed by atoms with Crippen molar-refractivity contribution in [2.24, 2.45) is 0 Å². The Balaban J connectivity index is 1.74. The van der Waals surface area contributed by atoms with Gasteiger partial charge in [-0.1, -0.05) is 17.7 Å². The lowest BCUT2D eigenvalue weighted by Crippen LogP contribution is -2.25. The molecule has 0 saturated carbocycles. The first-order valence-electron chi connectivity index (χ1n) is 7.39. The van der Waals surface area contributed by atoms with Crippen LogP contribution >= 0.6 is 11.8 Å². The molecule has 0 aliphatic heterocycles. The minimum absolute atomic E-state index is 0.0486. The second kappa shape index (κ2) is 8.49. The van der Waals surface area contributed by atoms with Gasteiger partial charge in [0.1, 0.15) is 5.75 Å². The summed E-state index contributed by atoms with van der Waals surface area (Å²) in [7, 11) is 0. The number of carbonyl (C=O) groups is 1. The summed E-state index contributed by atoms with van der Waals surface area (Å²) < 4.78 is 5.36. The van der Waals surface area contributed by atoms with Gasteiger partial charge in [-0.25, -0.2) is 0 Å². The normalized spacial score (nSPS) is 10.3. The summed E-state index contributed by atoms with van der Waals surface area (Å²) in [5, 5.41) is 2.93. The van der Waals surface area contributed by atoms with Crippen LogP contribution < -0.4 is 10.1 Å². The van der Waals surface area contributed by atoms with E-state index in [-0.39, 0.29) is 5.91 Å². The molecular weight excluding hydrogens is 294 g/mol. The number of rotatable bonds is 7. The van der Waals surface area contributed by atoms with Crippen LogP contribution in [0.1, 0.15) is 22.8 Å². The van der Waals surface area contributed by atoms with Gasteiger partial charge >= 0.3 is 0 Å². The maximum atomic E-state index is 12.0. The lowest BCUT2D eigenvalue weighted by atomic mass is 10.2. The molecule has 0 saturated heterocycles. The van der Waals surface area contributed by atoms with Gasteiger partial charge < -0.3 is 10.1 Å². The molecule has 0 aliphatic rings. The molecule has 0 fully saturated rings. The molecule has 3 nitrogen and oxygen atoms in total. The molecular formula is C18H21NO2S. The van der Waals surface area contributed by atoms with Crippen molar-refractivity contribution in [3.63, 3.8) is 0 Å². The quantitative estimate of drug-likeness (QED) is 0.622. The molecule has 116 valence electrons. The van der Waals surface area contributed by atoms with Gasteiger partial charge in [0.2, 0.25) is 0 Å². The van der Waals surface area contributed by atoms with E-state index < -0.39 is 0 Å². The van der Waals surface area contributed by atoms with Crippen LogP contribution in [0.3, 0.4) is 0 Å². The molecule has 0 unspecified atom stereocenters. The minimum Gasteiger partial charge on any atom is -0.494 e. The molecule has 1 amide bonds. The summed E-state index contributed by atoms with van der Waals surface area (Å²) in [6, 6.07) is 15.6. The lowest BCUT2D eigenvalue weighted by Gasteiger charge is -2.07. The van der Waals surface area contributed by atoms with E-state index in [0.717, 1.165) is 11.5 Å². The SMILES string of the molecule is CCOc1ccc(C(=O)NCCSc2ccc(C)cc2)cc1. The monoisotopic (exact) mass is 315 g/mol. The van der Waals surface area contributed by atoms with Gasteiger partial charge in [-0.15, -0.1) is 11.8 Å². The van der Waals surface area contributed by atoms with E-state index in [1.807, 2.05) is 19.1 Å². The van der Waals surface area contributed by atoms with Crippen LogP contribution in [0.15, 0.2) is 53.4 Å². The molecule has 1 N–H and O–H groups in total. The number of carbonyl (C=O) groups excluding carboxylic acids is 1. The summed E-state index contributed by atoms with van der Waals surface area (Å²) in [5.41, 5.74) is 1.91. The van der Waals surface area contributed by atoms with Crippen molar-refractivity contribution < 1.29 is 9.53 Å². The van der Waals surface area contributed by atoms with Crippen molar-refractivity contribution in [3.05, 3.63) is 59.7 Å². The predicted octanol–water partition coefficient (Wildman–Crippen LogP) is 3.92. The molecule has 0 aromatic heterocycles. The summed E-state index contributed by atoms with van der Waals surface area (Å²) in [6.45, 7) is 5.28. The molecule has 2 rings (SSSR count). The van der Waals surface area contributed by atoms with Gasteiger partial charge in [-0.2, -0.15) is 0 Å². The van der Waals surface area contributed by atoms with Crippen molar-refractivity contribution in [2.45, 2.75) is 18.7 Å². The highest BCUT2D eigenvalue weighted by Gasteiger charge is 2.05. The first kappa shape index (κ1) is 16.4. The fourth-order valence-electron chi connectivity index (χ4n) is 1.94. The molecule has 22 heavy (non-hydrogen) atoms. The Morgan fingerprint density at radius 1 is 1.09 bits per heavy atom. The average Bonchev–Trinajstić information content (AvgIpc) is 2.54. The van der Waals surface area contributed by atoms with Gasteiger partial charge in [-0.05, 0) is 50.2 Å². The van der Waals surface area contributed by atoms with Crippen molar-refractivity contribution >= 4 is 17.7 Å². The van der Waals surface area contributed by atoms with Gasteiger partial charge in [0.25, 0.3) is 5.91 Å². The van der Waals surface area contributed by atoms with E-state index >= 15 is 0 Å². The first-order valence-corrected chi connectivity index (χ1v) is 8.38. The number of aryl methyl sites for hydroxylation is 1. The Morgan fingerprint density at radius 3 is 2.41 bits per heavy atom. The number of benzene rings is 2. The molecule has 0 heterocycles. The highest BCUT2D eigenvalue weighted by molar-refractivity contribution is 7.99. The number of hydrogen-bond donors (Lipinski definition) is 1. The number of amides is 1. The Labute approximate surface area is 136 Å². The maximum Gasteiger partial charge on any atom is 0.251 e. The van der Waals surface area contributed by atoms with E-state index in [1.54, 1.807) is 23.9 Å². The zero-order valence-electron chi connectivity index (χ0n) is 13.0. The Hall–Kier alpha value is -1.94. The molecule has 2 aromatic rings. The Morgan fingerprint density at radius 2 is 1.77 bits per heavy atom. The highest BCUT2D eigenvalue weighted by Crippen LogP contribution is 2.17. The summed E-state index contributed by atoms with van der Waals surface area (Å²) in [5.74, 6) is 1.59. The number of hydrogen-bond acceptors (Lipinski definition) is 3. The van der Waals surface area contributed by atoms with E-state index in [4.69, 9.17) is 4.74 Å². The number of ether oxygens (including phenoxy) is 1. The van der Waals surface area contributed by atoms with E-state index in [2.05, 4.69) is 36.5 Å². The standard InChI is InChI=1S/C18H21NO2S/c1-3-21-16-8-6-15(7-9-16)18(20)19-12-13-22-17-10-4-14(2)5-11-17/h4-11H,3,12-13H2,1-2H3,(H,19,20). The zero-order valence-corrected chi connectivity index (χ0v) is 13.8. The van der Waals surface area contributed by atoms with Crippen LogP contribution in [-0.2, 0) is 0 Å². The lowest BCUT2D eigenvalue weighted by molar-refractivity contribution is 0.0956. The van der Waals surface area contributed by atoms with E-state index in [9.17, 15) is 4.79 Å². The Bertz CT molecular complexity index is 593. The van der Waals surface area contributed by atoms with Gasteiger partial charge in [0.05, 0.1) is 6.61 Å². The fourth-order valence-corrected chi connectivity index (χ4v) is 2.71. The zero-order chi connectivity index (χ0) is 15.8. The second-order valence-corrected chi connectivity index (χ2v) is 6.04. The van der Waals surface area contributed by atoms with Crippen LogP contribution in [-0.4, -0.2) is 24.8 Å².